The molecule has 0 saturated heterocycles. The van der Waals surface area contributed by atoms with E-state index < -0.39 is 0 Å². The molecule has 0 amide bonds. The summed E-state index contributed by atoms with van der Waals surface area (Å²) in [6.07, 6.45) is 1.65. The lowest BCUT2D eigenvalue weighted by atomic mass is 9.84. The van der Waals surface area contributed by atoms with Crippen molar-refractivity contribution in [2.75, 3.05) is 0 Å². The zero-order valence-corrected chi connectivity index (χ0v) is 24.9. The lowest BCUT2D eigenvalue weighted by Gasteiger charge is -2.24. The van der Waals surface area contributed by atoms with Gasteiger partial charge in [0.2, 0.25) is 0 Å². The van der Waals surface area contributed by atoms with Crippen LogP contribution in [0.3, 0.4) is 0 Å². The van der Waals surface area contributed by atoms with Gasteiger partial charge in [0, 0.05) is 11.8 Å². The van der Waals surface area contributed by atoms with Crippen molar-refractivity contribution in [1.29, 1.82) is 0 Å². The molecule has 0 heterocycles. The fraction of sp³-hybridized carbons (Fsp3) is 0.143. The minimum atomic E-state index is -0.0975. The van der Waals surface area contributed by atoms with Gasteiger partial charge in [-0.25, -0.2) is 0 Å². The van der Waals surface area contributed by atoms with Crippen LogP contribution < -0.4 is 0 Å². The van der Waals surface area contributed by atoms with Crippen LogP contribution >= 0.6 is 0 Å². The summed E-state index contributed by atoms with van der Waals surface area (Å²) in [7, 11) is 0. The van der Waals surface area contributed by atoms with Crippen LogP contribution in [0.5, 0.6) is 0 Å². The van der Waals surface area contributed by atoms with E-state index in [2.05, 4.69) is 182 Å². The van der Waals surface area contributed by atoms with Crippen LogP contribution in [0.25, 0.3) is 0 Å². The van der Waals surface area contributed by atoms with Gasteiger partial charge in [-0.15, -0.1) is 0 Å². The monoisotopic (exact) mass is 570 g/mol. The van der Waals surface area contributed by atoms with Crippen molar-refractivity contribution in [2.24, 2.45) is 10.2 Å². The average molecular weight is 571 g/mol. The smallest absolute Gasteiger partial charge is 0.0966 e. The second-order valence-electron chi connectivity index (χ2n) is 11.3. The molecule has 0 aliphatic heterocycles. The fourth-order valence-corrected chi connectivity index (χ4v) is 6.13. The normalized spacial score (nSPS) is 12.9. The van der Waals surface area contributed by atoms with Gasteiger partial charge in [-0.3, -0.25) is 0 Å². The van der Waals surface area contributed by atoms with Crippen LogP contribution in [0, 0.1) is 0 Å². The first-order chi connectivity index (χ1) is 21.8. The molecule has 0 aliphatic rings. The number of hydrogen-bond acceptors (Lipinski definition) is 2. The van der Waals surface area contributed by atoms with Crippen molar-refractivity contribution < 1.29 is 0 Å². The van der Waals surface area contributed by atoms with E-state index in [1.807, 2.05) is 0 Å². The third kappa shape index (κ3) is 7.46. The third-order valence-electron chi connectivity index (χ3n) is 8.44. The minimum Gasteiger partial charge on any atom is -0.185 e. The van der Waals surface area contributed by atoms with Crippen LogP contribution in [0.1, 0.15) is 70.1 Å². The molecule has 0 aromatic heterocycles. The maximum atomic E-state index is 5.23. The van der Waals surface area contributed by atoms with E-state index in [0.29, 0.717) is 0 Å². The van der Waals surface area contributed by atoms with E-state index in [9.17, 15) is 0 Å². The molecule has 0 saturated carbocycles. The van der Waals surface area contributed by atoms with Gasteiger partial charge in [-0.05, 0) is 46.2 Å². The highest BCUT2D eigenvalue weighted by atomic mass is 15.1. The molecule has 0 spiro atoms. The number of benzene rings is 6. The molecule has 2 heteroatoms. The number of azo groups is 1. The molecule has 0 fully saturated rings. The minimum absolute atomic E-state index is 0.0975. The standard InChI is InChI=1S/C42H38N2/c1-7-19-33(20-8-1)39(34-21-9-2-10-22-34)31-41(37-27-15-5-16-28-37)43-44-42(38-29-17-6-18-30-38)32-40(35-23-11-3-12-24-35)36-25-13-4-14-26-36/h1-30,39-42H,31-32H2. The number of nitrogens with zero attached hydrogens (tertiary/aromatic N) is 2. The first-order valence-electron chi connectivity index (χ1n) is 15.5. The predicted octanol–water partition coefficient (Wildman–Crippen LogP) is 11.4. The van der Waals surface area contributed by atoms with Gasteiger partial charge in [-0.2, -0.15) is 10.2 Å². The molecular weight excluding hydrogens is 532 g/mol. The van der Waals surface area contributed by atoms with Crippen LogP contribution in [-0.2, 0) is 0 Å². The molecule has 2 nitrogen and oxygen atoms in total. The molecule has 2 atom stereocenters. The summed E-state index contributed by atoms with van der Waals surface area (Å²) in [5, 5.41) is 10.5. The average Bonchev–Trinajstić information content (AvgIpc) is 3.12. The molecule has 2 unspecified atom stereocenters. The summed E-state index contributed by atoms with van der Waals surface area (Å²) in [5.74, 6) is 0.385. The summed E-state index contributed by atoms with van der Waals surface area (Å²) in [4.78, 5) is 0. The Kier molecular flexibility index (Phi) is 9.82. The summed E-state index contributed by atoms with van der Waals surface area (Å²) in [5.41, 5.74) is 7.54. The molecule has 6 aromatic rings. The summed E-state index contributed by atoms with van der Waals surface area (Å²) in [6, 6.07) is 64.3. The maximum absolute atomic E-state index is 5.23. The summed E-state index contributed by atoms with van der Waals surface area (Å²) < 4.78 is 0. The zero-order chi connectivity index (χ0) is 29.8. The van der Waals surface area contributed by atoms with Crippen molar-refractivity contribution in [3.05, 3.63) is 215 Å². The molecule has 0 radical (unpaired) electrons. The molecule has 216 valence electrons. The van der Waals surface area contributed by atoms with E-state index in [-0.39, 0.29) is 23.9 Å². The lowest BCUT2D eigenvalue weighted by Crippen LogP contribution is -2.09. The SMILES string of the molecule is c1ccc(C(CC(c2ccccc2)c2ccccc2)N=NC(CC(c2ccccc2)c2ccccc2)c2ccccc2)cc1. The van der Waals surface area contributed by atoms with Gasteiger partial charge in [-0.1, -0.05) is 182 Å². The first kappa shape index (κ1) is 29.0. The fourth-order valence-electron chi connectivity index (χ4n) is 6.13. The Bertz CT molecular complexity index is 1480. The Labute approximate surface area is 261 Å². The van der Waals surface area contributed by atoms with E-state index >= 15 is 0 Å². The molecule has 6 rings (SSSR count). The maximum Gasteiger partial charge on any atom is 0.0966 e. The van der Waals surface area contributed by atoms with E-state index in [4.69, 9.17) is 10.2 Å². The van der Waals surface area contributed by atoms with E-state index in [1.165, 1.54) is 33.4 Å². The highest BCUT2D eigenvalue weighted by Crippen LogP contribution is 2.39. The van der Waals surface area contributed by atoms with Crippen molar-refractivity contribution >= 4 is 0 Å². The molecule has 0 aliphatic carbocycles. The van der Waals surface area contributed by atoms with Crippen molar-refractivity contribution in [2.45, 2.75) is 36.8 Å². The van der Waals surface area contributed by atoms with Crippen LogP contribution in [-0.4, -0.2) is 0 Å². The van der Waals surface area contributed by atoms with Gasteiger partial charge >= 0.3 is 0 Å². The van der Waals surface area contributed by atoms with Gasteiger partial charge in [0.05, 0.1) is 12.1 Å². The largest absolute Gasteiger partial charge is 0.185 e. The number of hydrogen-bond donors (Lipinski definition) is 0. The molecule has 0 bridgehead atoms. The topological polar surface area (TPSA) is 24.7 Å². The lowest BCUT2D eigenvalue weighted by molar-refractivity contribution is 0.515. The third-order valence-corrected chi connectivity index (χ3v) is 8.44. The van der Waals surface area contributed by atoms with Crippen molar-refractivity contribution in [3.63, 3.8) is 0 Å². The van der Waals surface area contributed by atoms with Gasteiger partial charge in [0.25, 0.3) is 0 Å². The second-order valence-corrected chi connectivity index (χ2v) is 11.3. The van der Waals surface area contributed by atoms with E-state index in [0.717, 1.165) is 12.8 Å². The quantitative estimate of drug-likeness (QED) is 0.131. The second kappa shape index (κ2) is 14.9. The van der Waals surface area contributed by atoms with Gasteiger partial charge in [0.1, 0.15) is 0 Å². The van der Waals surface area contributed by atoms with E-state index in [1.54, 1.807) is 0 Å². The molecule has 0 N–H and O–H groups in total. The summed E-state index contributed by atoms with van der Waals surface area (Å²) in [6.45, 7) is 0. The zero-order valence-electron chi connectivity index (χ0n) is 24.9. The highest BCUT2D eigenvalue weighted by Gasteiger charge is 2.24. The molecular formula is C42H38N2. The molecule has 6 aromatic carbocycles. The Morgan fingerprint density at radius 3 is 0.705 bits per heavy atom. The Hall–Kier alpha value is -5.08. The van der Waals surface area contributed by atoms with Crippen LogP contribution in [0.2, 0.25) is 0 Å². The Morgan fingerprint density at radius 1 is 0.273 bits per heavy atom. The first-order valence-corrected chi connectivity index (χ1v) is 15.5. The van der Waals surface area contributed by atoms with Crippen LogP contribution in [0.4, 0.5) is 0 Å². The molecule has 44 heavy (non-hydrogen) atoms. The predicted molar refractivity (Wildman–Crippen MR) is 182 cm³/mol. The summed E-state index contributed by atoms with van der Waals surface area (Å²) >= 11 is 0. The number of rotatable bonds is 12. The Balaban J connectivity index is 1.38. The van der Waals surface area contributed by atoms with Crippen LogP contribution in [0.15, 0.2) is 192 Å². The van der Waals surface area contributed by atoms with Crippen molar-refractivity contribution in [1.82, 2.24) is 0 Å². The van der Waals surface area contributed by atoms with Gasteiger partial charge < -0.3 is 0 Å². The Morgan fingerprint density at radius 2 is 0.477 bits per heavy atom. The van der Waals surface area contributed by atoms with Gasteiger partial charge in [0.15, 0.2) is 0 Å². The van der Waals surface area contributed by atoms with Crippen molar-refractivity contribution in [3.8, 4) is 0 Å². The highest BCUT2D eigenvalue weighted by molar-refractivity contribution is 5.35.